The molecule has 25 heavy (non-hydrogen) atoms. The lowest BCUT2D eigenvalue weighted by atomic mass is 10.3. The number of anilines is 2. The number of nitrogens with one attached hydrogen (secondary N) is 2. The number of nitrogens with two attached hydrogens (primary N) is 1. The Kier molecular flexibility index (Phi) is 5.00. The van der Waals surface area contributed by atoms with Crippen LogP contribution in [0, 0.1) is 0 Å². The summed E-state index contributed by atoms with van der Waals surface area (Å²) in [5.74, 6) is -0.0996. The highest BCUT2D eigenvalue weighted by Gasteiger charge is 2.22. The van der Waals surface area contributed by atoms with Crippen molar-refractivity contribution in [2.24, 2.45) is 0 Å². The van der Waals surface area contributed by atoms with Crippen LogP contribution in [0.5, 0.6) is 0 Å². The first-order valence-electron chi connectivity index (χ1n) is 7.52. The normalized spacial score (nSPS) is 18.0. The molecule has 0 saturated carbocycles. The van der Waals surface area contributed by atoms with Crippen molar-refractivity contribution >= 4 is 39.0 Å². The molecule has 2 aromatic carbocycles. The van der Waals surface area contributed by atoms with Gasteiger partial charge in [-0.15, -0.1) is 0 Å². The van der Waals surface area contributed by atoms with Crippen LogP contribution in [-0.2, 0) is 9.84 Å². The molecule has 4 N–H and O–H groups in total. The van der Waals surface area contributed by atoms with Crippen LogP contribution in [0.15, 0.2) is 69.8 Å². The van der Waals surface area contributed by atoms with Crippen molar-refractivity contribution in [3.05, 3.63) is 60.0 Å². The molecule has 0 bridgehead atoms. The molecule has 0 radical (unpaired) electrons. The summed E-state index contributed by atoms with van der Waals surface area (Å²) in [4.78, 5) is 14.0. The largest absolute Gasteiger partial charge is 0.399 e. The zero-order valence-electron chi connectivity index (χ0n) is 13.2. The van der Waals surface area contributed by atoms with E-state index in [1.165, 1.54) is 6.08 Å². The molecular weight excluding hydrogens is 358 g/mol. The molecule has 6 nitrogen and oxygen atoms in total. The molecule has 2 aromatic rings. The zero-order chi connectivity index (χ0) is 17.9. The van der Waals surface area contributed by atoms with Gasteiger partial charge in [-0.05, 0) is 54.6 Å². The van der Waals surface area contributed by atoms with Crippen LogP contribution in [0.25, 0.3) is 0 Å². The van der Waals surface area contributed by atoms with E-state index in [-0.39, 0.29) is 5.75 Å². The predicted octanol–water partition coefficient (Wildman–Crippen LogP) is 2.85. The molecule has 0 fully saturated rings. The fourth-order valence-electron chi connectivity index (χ4n) is 2.28. The Balaban J connectivity index is 1.54. The maximum absolute atomic E-state index is 11.9. The Morgan fingerprint density at radius 2 is 1.64 bits per heavy atom. The molecule has 0 saturated heterocycles. The lowest BCUT2D eigenvalue weighted by molar-refractivity contribution is 0.251. The molecule has 0 aliphatic carbocycles. The number of carbonyl (C=O) groups is 1. The van der Waals surface area contributed by atoms with Crippen LogP contribution in [0.2, 0.25) is 0 Å². The Labute approximate surface area is 150 Å². The first kappa shape index (κ1) is 17.4. The van der Waals surface area contributed by atoms with E-state index < -0.39 is 21.9 Å². The summed E-state index contributed by atoms with van der Waals surface area (Å²) in [7, 11) is -3.19. The Morgan fingerprint density at radius 3 is 2.20 bits per heavy atom. The fraction of sp³-hybridized carbons (Fsp3) is 0.118. The number of sulfone groups is 1. The van der Waals surface area contributed by atoms with E-state index in [4.69, 9.17) is 5.73 Å². The molecule has 1 aliphatic rings. The van der Waals surface area contributed by atoms with Crippen LogP contribution in [0.4, 0.5) is 16.2 Å². The van der Waals surface area contributed by atoms with Gasteiger partial charge in [0, 0.05) is 26.6 Å². The Bertz CT molecular complexity index is 892. The van der Waals surface area contributed by atoms with E-state index in [9.17, 15) is 13.2 Å². The standard InChI is InChI=1S/C17H17N3O3S2/c18-12-1-5-15(6-2-12)24-16-7-3-13(4-8-16)19-17(21)20-14-9-10-25(22,23)11-14/h1-10,14H,11,18H2,(H2,19,20,21). The van der Waals surface area contributed by atoms with Gasteiger partial charge in [0.1, 0.15) is 0 Å². The van der Waals surface area contributed by atoms with Gasteiger partial charge in [-0.2, -0.15) is 0 Å². The number of nitrogen functional groups attached to an aromatic ring is 1. The van der Waals surface area contributed by atoms with E-state index in [1.807, 2.05) is 36.4 Å². The number of amides is 2. The van der Waals surface area contributed by atoms with Crippen molar-refractivity contribution < 1.29 is 13.2 Å². The molecular formula is C17H17N3O3S2. The third kappa shape index (κ3) is 5.01. The molecule has 1 unspecified atom stereocenters. The molecule has 1 heterocycles. The topological polar surface area (TPSA) is 101 Å². The maximum atomic E-state index is 11.9. The fourth-order valence-corrected chi connectivity index (χ4v) is 4.33. The van der Waals surface area contributed by atoms with E-state index >= 15 is 0 Å². The van der Waals surface area contributed by atoms with Crippen molar-refractivity contribution in [3.63, 3.8) is 0 Å². The van der Waals surface area contributed by atoms with E-state index in [0.29, 0.717) is 5.69 Å². The van der Waals surface area contributed by atoms with Gasteiger partial charge in [0.15, 0.2) is 9.84 Å². The number of rotatable bonds is 4. The number of carbonyl (C=O) groups excluding carboxylic acids is 1. The summed E-state index contributed by atoms with van der Waals surface area (Å²) < 4.78 is 22.6. The van der Waals surface area contributed by atoms with Crippen molar-refractivity contribution in [1.29, 1.82) is 0 Å². The summed E-state index contributed by atoms with van der Waals surface area (Å²) in [5, 5.41) is 6.43. The van der Waals surface area contributed by atoms with E-state index in [0.717, 1.165) is 20.9 Å². The summed E-state index contributed by atoms with van der Waals surface area (Å²) in [6.07, 6.45) is 1.47. The maximum Gasteiger partial charge on any atom is 0.319 e. The summed E-state index contributed by atoms with van der Waals surface area (Å²) in [6, 6.07) is 14.0. The Morgan fingerprint density at radius 1 is 1.04 bits per heavy atom. The van der Waals surface area contributed by atoms with Gasteiger partial charge in [0.2, 0.25) is 0 Å². The van der Waals surface area contributed by atoms with Gasteiger partial charge in [0.25, 0.3) is 0 Å². The average molecular weight is 375 g/mol. The number of benzene rings is 2. The lowest BCUT2D eigenvalue weighted by Gasteiger charge is -2.11. The third-order valence-corrected chi connectivity index (χ3v) is 5.89. The van der Waals surface area contributed by atoms with Crippen molar-refractivity contribution in [2.45, 2.75) is 15.8 Å². The molecule has 130 valence electrons. The van der Waals surface area contributed by atoms with Gasteiger partial charge in [-0.3, -0.25) is 0 Å². The second-order valence-electron chi connectivity index (χ2n) is 5.56. The van der Waals surface area contributed by atoms with Crippen LogP contribution in [-0.4, -0.2) is 26.2 Å². The lowest BCUT2D eigenvalue weighted by Crippen LogP contribution is -2.38. The number of urea groups is 1. The van der Waals surface area contributed by atoms with Gasteiger partial charge < -0.3 is 16.4 Å². The second-order valence-corrected chi connectivity index (χ2v) is 8.64. The number of hydrogen-bond donors (Lipinski definition) is 3. The molecule has 2 amide bonds. The van der Waals surface area contributed by atoms with Crippen LogP contribution in [0.3, 0.4) is 0 Å². The molecule has 0 spiro atoms. The minimum Gasteiger partial charge on any atom is -0.399 e. The highest BCUT2D eigenvalue weighted by atomic mass is 32.2. The van der Waals surface area contributed by atoms with Crippen LogP contribution < -0.4 is 16.4 Å². The quantitative estimate of drug-likeness (QED) is 0.713. The molecule has 1 atom stereocenters. The van der Waals surface area contributed by atoms with Crippen molar-refractivity contribution in [2.75, 3.05) is 16.8 Å². The minimum atomic E-state index is -3.19. The van der Waals surface area contributed by atoms with Crippen LogP contribution >= 0.6 is 11.8 Å². The van der Waals surface area contributed by atoms with Crippen molar-refractivity contribution in [1.82, 2.24) is 5.32 Å². The van der Waals surface area contributed by atoms with Gasteiger partial charge in [-0.25, -0.2) is 13.2 Å². The average Bonchev–Trinajstić information content (AvgIpc) is 2.90. The summed E-state index contributed by atoms with van der Waals surface area (Å²) >= 11 is 1.59. The molecule has 1 aliphatic heterocycles. The van der Waals surface area contributed by atoms with Gasteiger partial charge >= 0.3 is 6.03 Å². The van der Waals surface area contributed by atoms with Gasteiger partial charge in [-0.1, -0.05) is 11.8 Å². The number of hydrogen-bond acceptors (Lipinski definition) is 5. The zero-order valence-corrected chi connectivity index (χ0v) is 14.8. The van der Waals surface area contributed by atoms with E-state index in [1.54, 1.807) is 23.9 Å². The van der Waals surface area contributed by atoms with Crippen molar-refractivity contribution in [3.8, 4) is 0 Å². The van der Waals surface area contributed by atoms with E-state index in [2.05, 4.69) is 10.6 Å². The predicted molar refractivity (Wildman–Crippen MR) is 100 cm³/mol. The smallest absolute Gasteiger partial charge is 0.319 e. The third-order valence-electron chi connectivity index (χ3n) is 3.47. The summed E-state index contributed by atoms with van der Waals surface area (Å²) in [6.45, 7) is 0. The highest BCUT2D eigenvalue weighted by Crippen LogP contribution is 2.29. The highest BCUT2D eigenvalue weighted by molar-refractivity contribution is 7.99. The molecule has 0 aromatic heterocycles. The minimum absolute atomic E-state index is 0.0996. The SMILES string of the molecule is Nc1ccc(Sc2ccc(NC(=O)NC3C=CS(=O)(=O)C3)cc2)cc1. The molecule has 8 heteroatoms. The second kappa shape index (κ2) is 7.20. The Hall–Kier alpha value is -2.45. The monoisotopic (exact) mass is 375 g/mol. The first-order valence-corrected chi connectivity index (χ1v) is 10.0. The summed E-state index contributed by atoms with van der Waals surface area (Å²) in [5.41, 5.74) is 7.02. The first-order chi connectivity index (χ1) is 11.9. The van der Waals surface area contributed by atoms with Crippen LogP contribution in [0.1, 0.15) is 0 Å². The van der Waals surface area contributed by atoms with Gasteiger partial charge in [0.05, 0.1) is 11.8 Å². The molecule has 3 rings (SSSR count).